The summed E-state index contributed by atoms with van der Waals surface area (Å²) in [4.78, 5) is 25.0. The fourth-order valence-corrected chi connectivity index (χ4v) is 2.63. The summed E-state index contributed by atoms with van der Waals surface area (Å²) in [5, 5.41) is 6.04. The van der Waals surface area contributed by atoms with Crippen LogP contribution >= 0.6 is 15.9 Å². The molecule has 0 fully saturated rings. The molecule has 0 bridgehead atoms. The van der Waals surface area contributed by atoms with E-state index in [1.165, 1.54) is 0 Å². The highest BCUT2D eigenvalue weighted by atomic mass is 79.9. The highest BCUT2D eigenvalue weighted by Gasteiger charge is 2.11. The van der Waals surface area contributed by atoms with Crippen molar-refractivity contribution in [1.82, 2.24) is 15.0 Å². The Kier molecular flexibility index (Phi) is 5.35. The molecule has 1 amide bonds. The van der Waals surface area contributed by atoms with Gasteiger partial charge in [-0.05, 0) is 42.8 Å². The van der Waals surface area contributed by atoms with Crippen LogP contribution in [-0.2, 0) is 6.54 Å². The van der Waals surface area contributed by atoms with Crippen molar-refractivity contribution in [2.24, 2.45) is 0 Å². The molecule has 0 saturated heterocycles. The maximum atomic E-state index is 12.5. The number of anilines is 2. The molecule has 0 atom stereocenters. The number of aryl methyl sites for hydroxylation is 1. The molecule has 0 aliphatic rings. The van der Waals surface area contributed by atoms with Crippen molar-refractivity contribution in [3.63, 3.8) is 0 Å². The number of halogens is 1. The smallest absolute Gasteiger partial charge is 0.274 e. The van der Waals surface area contributed by atoms with E-state index in [4.69, 9.17) is 0 Å². The molecule has 7 heteroatoms. The Balaban J connectivity index is 1.73. The molecule has 0 aliphatic carbocycles. The van der Waals surface area contributed by atoms with Crippen LogP contribution in [0.4, 0.5) is 11.5 Å². The van der Waals surface area contributed by atoms with Crippen LogP contribution < -0.4 is 10.6 Å². The van der Waals surface area contributed by atoms with Crippen LogP contribution in [0.1, 0.15) is 21.9 Å². The molecule has 2 aromatic heterocycles. The Bertz CT molecular complexity index is 886. The molecule has 0 radical (unpaired) electrons. The molecule has 2 N–H and O–H groups in total. The van der Waals surface area contributed by atoms with Gasteiger partial charge in [-0.25, -0.2) is 9.97 Å². The van der Waals surface area contributed by atoms with Gasteiger partial charge in [-0.2, -0.15) is 0 Å². The molecule has 25 heavy (non-hydrogen) atoms. The Morgan fingerprint density at radius 2 is 1.92 bits per heavy atom. The number of amides is 1. The first-order chi connectivity index (χ1) is 12.1. The lowest BCUT2D eigenvalue weighted by atomic mass is 10.2. The Hall–Kier alpha value is -2.80. The molecule has 0 spiro atoms. The Morgan fingerprint density at radius 1 is 1.12 bits per heavy atom. The molecule has 3 aromatic rings. The van der Waals surface area contributed by atoms with Gasteiger partial charge >= 0.3 is 0 Å². The van der Waals surface area contributed by atoms with Gasteiger partial charge in [-0.1, -0.05) is 22.0 Å². The van der Waals surface area contributed by atoms with Gasteiger partial charge in [0, 0.05) is 35.2 Å². The van der Waals surface area contributed by atoms with E-state index in [1.807, 2.05) is 36.4 Å². The summed E-state index contributed by atoms with van der Waals surface area (Å²) in [7, 11) is 0. The van der Waals surface area contributed by atoms with Crippen molar-refractivity contribution in [2.75, 3.05) is 10.6 Å². The van der Waals surface area contributed by atoms with E-state index in [9.17, 15) is 4.79 Å². The van der Waals surface area contributed by atoms with E-state index < -0.39 is 0 Å². The normalized spacial score (nSPS) is 10.3. The van der Waals surface area contributed by atoms with Crippen LogP contribution in [0.15, 0.2) is 59.3 Å². The van der Waals surface area contributed by atoms with Gasteiger partial charge in [-0.3, -0.25) is 9.78 Å². The van der Waals surface area contributed by atoms with Crippen LogP contribution in [0.3, 0.4) is 0 Å². The topological polar surface area (TPSA) is 79.8 Å². The van der Waals surface area contributed by atoms with Crippen molar-refractivity contribution >= 4 is 33.3 Å². The van der Waals surface area contributed by atoms with E-state index in [1.54, 1.807) is 25.4 Å². The number of nitrogens with zero attached hydrogens (tertiary/aromatic N) is 3. The van der Waals surface area contributed by atoms with Gasteiger partial charge in [0.25, 0.3) is 5.91 Å². The second-order valence-electron chi connectivity index (χ2n) is 5.36. The lowest BCUT2D eigenvalue weighted by molar-refractivity contribution is 0.102. The van der Waals surface area contributed by atoms with Crippen molar-refractivity contribution in [1.29, 1.82) is 0 Å². The lowest BCUT2D eigenvalue weighted by Crippen LogP contribution is -2.15. The first-order valence-electron chi connectivity index (χ1n) is 7.65. The molecule has 0 aliphatic heterocycles. The second kappa shape index (κ2) is 7.85. The zero-order valence-electron chi connectivity index (χ0n) is 13.5. The van der Waals surface area contributed by atoms with E-state index >= 15 is 0 Å². The van der Waals surface area contributed by atoms with Crippen LogP contribution in [-0.4, -0.2) is 20.9 Å². The minimum absolute atomic E-state index is 0.282. The van der Waals surface area contributed by atoms with Crippen LogP contribution in [0.2, 0.25) is 0 Å². The van der Waals surface area contributed by atoms with Crippen molar-refractivity contribution in [2.45, 2.75) is 13.5 Å². The number of pyridine rings is 1. The summed E-state index contributed by atoms with van der Waals surface area (Å²) in [5.41, 5.74) is 2.08. The van der Waals surface area contributed by atoms with Gasteiger partial charge in [-0.15, -0.1) is 0 Å². The third-order valence-corrected chi connectivity index (χ3v) is 3.87. The van der Waals surface area contributed by atoms with Crippen molar-refractivity contribution in [3.8, 4) is 0 Å². The number of carbonyl (C=O) groups excluding carboxylic acids is 1. The molecular formula is C18H16BrN5O. The van der Waals surface area contributed by atoms with E-state index in [-0.39, 0.29) is 5.91 Å². The van der Waals surface area contributed by atoms with Gasteiger partial charge in [0.1, 0.15) is 17.3 Å². The average Bonchev–Trinajstić information content (AvgIpc) is 2.60. The number of hydrogen-bond donors (Lipinski definition) is 2. The zero-order chi connectivity index (χ0) is 17.6. The number of hydrogen-bond acceptors (Lipinski definition) is 5. The molecule has 3 rings (SSSR count). The number of nitrogens with one attached hydrogen (secondary N) is 2. The summed E-state index contributed by atoms with van der Waals surface area (Å²) in [6, 6.07) is 12.9. The average molecular weight is 398 g/mol. The molecule has 0 saturated carbocycles. The second-order valence-corrected chi connectivity index (χ2v) is 6.27. The highest BCUT2D eigenvalue weighted by molar-refractivity contribution is 9.10. The van der Waals surface area contributed by atoms with Gasteiger partial charge in [0.15, 0.2) is 0 Å². The third kappa shape index (κ3) is 4.84. The Morgan fingerprint density at radius 3 is 2.68 bits per heavy atom. The van der Waals surface area contributed by atoms with E-state index in [0.29, 0.717) is 29.6 Å². The summed E-state index contributed by atoms with van der Waals surface area (Å²) in [5.74, 6) is 0.846. The maximum Gasteiger partial charge on any atom is 0.274 e. The van der Waals surface area contributed by atoms with E-state index in [2.05, 4.69) is 41.5 Å². The first kappa shape index (κ1) is 17.0. The largest absolute Gasteiger partial charge is 0.366 e. The molecule has 6 nitrogen and oxygen atoms in total. The summed E-state index contributed by atoms with van der Waals surface area (Å²) < 4.78 is 0.892. The van der Waals surface area contributed by atoms with Gasteiger partial charge < -0.3 is 10.6 Å². The number of rotatable bonds is 5. The van der Waals surface area contributed by atoms with Crippen molar-refractivity contribution < 1.29 is 4.79 Å². The zero-order valence-corrected chi connectivity index (χ0v) is 15.1. The molecule has 2 heterocycles. The highest BCUT2D eigenvalue weighted by Crippen LogP contribution is 2.17. The molecule has 0 unspecified atom stereocenters. The quantitative estimate of drug-likeness (QED) is 0.684. The van der Waals surface area contributed by atoms with Crippen molar-refractivity contribution in [3.05, 3.63) is 76.4 Å². The molecule has 126 valence electrons. The van der Waals surface area contributed by atoms with Gasteiger partial charge in [0.2, 0.25) is 0 Å². The minimum atomic E-state index is -0.282. The van der Waals surface area contributed by atoms with Crippen LogP contribution in [0.25, 0.3) is 0 Å². The Labute approximate surface area is 153 Å². The fraction of sp³-hybridized carbons (Fsp3) is 0.111. The maximum absolute atomic E-state index is 12.5. The number of aromatic nitrogens is 3. The molecule has 1 aromatic carbocycles. The summed E-state index contributed by atoms with van der Waals surface area (Å²) >= 11 is 3.38. The van der Waals surface area contributed by atoms with Gasteiger partial charge in [0.05, 0.1) is 0 Å². The standard InChI is InChI=1S/C18H16BrN5O/c1-12-22-16(18(25)24-15-4-2-3-14(19)9-15)10-17(23-12)21-11-13-5-7-20-8-6-13/h2-10H,11H2,1H3,(H,24,25)(H,21,22,23). The third-order valence-electron chi connectivity index (χ3n) is 3.38. The summed E-state index contributed by atoms with van der Waals surface area (Å²) in [6.45, 7) is 2.35. The number of benzene rings is 1. The minimum Gasteiger partial charge on any atom is -0.366 e. The monoisotopic (exact) mass is 397 g/mol. The SMILES string of the molecule is Cc1nc(NCc2ccncc2)cc(C(=O)Nc2cccc(Br)c2)n1. The van der Waals surface area contributed by atoms with Crippen LogP contribution in [0, 0.1) is 6.92 Å². The first-order valence-corrected chi connectivity index (χ1v) is 8.45. The van der Waals surface area contributed by atoms with Crippen LogP contribution in [0.5, 0.6) is 0 Å². The number of carbonyl (C=O) groups is 1. The lowest BCUT2D eigenvalue weighted by Gasteiger charge is -2.09. The molecular weight excluding hydrogens is 382 g/mol. The fourth-order valence-electron chi connectivity index (χ4n) is 2.23. The van der Waals surface area contributed by atoms with E-state index in [0.717, 1.165) is 10.0 Å². The predicted octanol–water partition coefficient (Wildman–Crippen LogP) is 3.81. The summed E-state index contributed by atoms with van der Waals surface area (Å²) in [6.07, 6.45) is 3.47. The predicted molar refractivity (Wildman–Crippen MR) is 100 cm³/mol.